The van der Waals surface area contributed by atoms with Crippen LogP contribution in [0.5, 0.6) is 0 Å². The van der Waals surface area contributed by atoms with Gasteiger partial charge in [0, 0.05) is 5.69 Å². The van der Waals surface area contributed by atoms with Gasteiger partial charge in [-0.15, -0.1) is 10.2 Å². The van der Waals surface area contributed by atoms with Crippen molar-refractivity contribution in [2.45, 2.75) is 23.4 Å². The number of nitrogens with one attached hydrogen (secondary N) is 1. The number of thioether (sulfide) groups is 1. The van der Waals surface area contributed by atoms with Crippen LogP contribution in [0, 0.1) is 6.92 Å². The van der Waals surface area contributed by atoms with E-state index in [1.807, 2.05) is 31.2 Å². The minimum absolute atomic E-state index is 0.306. The van der Waals surface area contributed by atoms with Crippen LogP contribution in [0.1, 0.15) is 12.5 Å². The van der Waals surface area contributed by atoms with Gasteiger partial charge >= 0.3 is 0 Å². The highest BCUT2D eigenvalue weighted by molar-refractivity contribution is 8.02. The van der Waals surface area contributed by atoms with Crippen molar-refractivity contribution in [3.05, 3.63) is 29.8 Å². The molecular formula is C12H14N4OS2. The summed E-state index contributed by atoms with van der Waals surface area (Å²) in [5.41, 5.74) is 7.35. The van der Waals surface area contributed by atoms with Gasteiger partial charge < -0.3 is 11.1 Å². The normalized spacial score (nSPS) is 12.1. The number of nitrogens with two attached hydrogens (primary N) is 1. The number of rotatable bonds is 5. The van der Waals surface area contributed by atoms with Crippen LogP contribution in [0.25, 0.3) is 0 Å². The molecule has 1 aromatic heterocycles. The highest BCUT2D eigenvalue weighted by atomic mass is 32.2. The van der Waals surface area contributed by atoms with Gasteiger partial charge in [0.1, 0.15) is 0 Å². The van der Waals surface area contributed by atoms with Gasteiger partial charge in [0.05, 0.1) is 5.25 Å². The summed E-state index contributed by atoms with van der Waals surface area (Å²) in [4.78, 5) is 11.0. The third kappa shape index (κ3) is 3.68. The number of para-hydroxylation sites is 1. The zero-order valence-corrected chi connectivity index (χ0v) is 12.2. The number of anilines is 2. The highest BCUT2D eigenvalue weighted by Crippen LogP contribution is 2.30. The summed E-state index contributed by atoms with van der Waals surface area (Å²) in [6.07, 6.45) is 0. The van der Waals surface area contributed by atoms with Crippen molar-refractivity contribution in [3.63, 3.8) is 0 Å². The Morgan fingerprint density at radius 2 is 2.16 bits per heavy atom. The van der Waals surface area contributed by atoms with E-state index >= 15 is 0 Å². The minimum atomic E-state index is -0.353. The van der Waals surface area contributed by atoms with E-state index in [-0.39, 0.29) is 11.2 Å². The molecule has 0 aliphatic carbocycles. The van der Waals surface area contributed by atoms with Gasteiger partial charge in [-0.2, -0.15) is 0 Å². The molecular weight excluding hydrogens is 280 g/mol. The summed E-state index contributed by atoms with van der Waals surface area (Å²) in [7, 11) is 0. The first-order valence-electron chi connectivity index (χ1n) is 5.68. The standard InChI is InChI=1S/C12H14N4OS2/c1-7-5-3-4-6-9(7)14-11-15-16-12(19-11)18-8(2)10(13)17/h3-6,8H,1-2H3,(H2,13,17)(H,14,15). The second kappa shape index (κ2) is 6.03. The van der Waals surface area contributed by atoms with Gasteiger partial charge in [-0.05, 0) is 25.5 Å². The molecule has 1 atom stereocenters. The van der Waals surface area contributed by atoms with Crippen molar-refractivity contribution < 1.29 is 4.79 Å². The second-order valence-corrected chi connectivity index (χ2v) is 6.54. The van der Waals surface area contributed by atoms with Crippen LogP contribution in [0.4, 0.5) is 10.8 Å². The zero-order chi connectivity index (χ0) is 13.8. The maximum absolute atomic E-state index is 11.0. The van der Waals surface area contributed by atoms with Gasteiger partial charge in [0.25, 0.3) is 0 Å². The van der Waals surface area contributed by atoms with Gasteiger partial charge in [0.2, 0.25) is 11.0 Å². The molecule has 2 aromatic rings. The topological polar surface area (TPSA) is 80.9 Å². The Morgan fingerprint density at radius 3 is 2.84 bits per heavy atom. The molecule has 5 nitrogen and oxygen atoms in total. The number of carbonyl (C=O) groups excluding carboxylic acids is 1. The maximum atomic E-state index is 11.0. The number of aryl methyl sites for hydroxylation is 1. The van der Waals surface area contributed by atoms with Crippen LogP contribution in [0.15, 0.2) is 28.6 Å². The Morgan fingerprint density at radius 1 is 1.42 bits per heavy atom. The van der Waals surface area contributed by atoms with E-state index in [0.717, 1.165) is 15.6 Å². The van der Waals surface area contributed by atoms with E-state index in [9.17, 15) is 4.79 Å². The number of primary amides is 1. The lowest BCUT2D eigenvalue weighted by Crippen LogP contribution is -2.22. The Labute approximate surface area is 119 Å². The summed E-state index contributed by atoms with van der Waals surface area (Å²) < 4.78 is 0.724. The monoisotopic (exact) mass is 294 g/mol. The highest BCUT2D eigenvalue weighted by Gasteiger charge is 2.14. The SMILES string of the molecule is Cc1ccccc1Nc1nnc(SC(C)C(N)=O)s1. The van der Waals surface area contributed by atoms with E-state index in [0.29, 0.717) is 5.13 Å². The summed E-state index contributed by atoms with van der Waals surface area (Å²) in [6.45, 7) is 3.77. The van der Waals surface area contributed by atoms with Crippen molar-refractivity contribution in [1.29, 1.82) is 0 Å². The number of hydrogen-bond donors (Lipinski definition) is 2. The quantitative estimate of drug-likeness (QED) is 0.828. The molecule has 1 unspecified atom stereocenters. The fourth-order valence-corrected chi connectivity index (χ4v) is 3.20. The number of amides is 1. The Kier molecular flexibility index (Phi) is 4.39. The molecule has 2 rings (SSSR count). The Hall–Kier alpha value is -1.60. The first-order chi connectivity index (χ1) is 9.06. The van der Waals surface area contributed by atoms with Crippen molar-refractivity contribution in [2.75, 3.05) is 5.32 Å². The molecule has 1 heterocycles. The fraction of sp³-hybridized carbons (Fsp3) is 0.250. The molecule has 19 heavy (non-hydrogen) atoms. The molecule has 0 aliphatic rings. The number of benzene rings is 1. The lowest BCUT2D eigenvalue weighted by molar-refractivity contribution is -0.117. The molecule has 100 valence electrons. The van der Waals surface area contributed by atoms with E-state index in [1.54, 1.807) is 6.92 Å². The van der Waals surface area contributed by atoms with Crippen LogP contribution in [-0.4, -0.2) is 21.4 Å². The molecule has 0 fully saturated rings. The zero-order valence-electron chi connectivity index (χ0n) is 10.6. The smallest absolute Gasteiger partial charge is 0.230 e. The predicted octanol–water partition coefficient (Wildman–Crippen LogP) is 2.56. The molecule has 7 heteroatoms. The largest absolute Gasteiger partial charge is 0.369 e. The summed E-state index contributed by atoms with van der Waals surface area (Å²) >= 11 is 2.72. The molecule has 0 spiro atoms. The number of aromatic nitrogens is 2. The summed E-state index contributed by atoms with van der Waals surface area (Å²) in [6, 6.07) is 7.95. The van der Waals surface area contributed by atoms with E-state index < -0.39 is 0 Å². The molecule has 1 aromatic carbocycles. The van der Waals surface area contributed by atoms with Crippen LogP contribution >= 0.6 is 23.1 Å². The average molecular weight is 294 g/mol. The number of hydrogen-bond acceptors (Lipinski definition) is 6. The second-order valence-electron chi connectivity index (χ2n) is 3.98. The van der Waals surface area contributed by atoms with Gasteiger partial charge in [0.15, 0.2) is 4.34 Å². The molecule has 0 bridgehead atoms. The first kappa shape index (κ1) is 13.8. The third-order valence-electron chi connectivity index (χ3n) is 2.47. The van der Waals surface area contributed by atoms with Crippen LogP contribution in [0.2, 0.25) is 0 Å². The molecule has 3 N–H and O–H groups in total. The Balaban J connectivity index is 2.06. The summed E-state index contributed by atoms with van der Waals surface area (Å²) in [5.74, 6) is -0.353. The molecule has 1 amide bonds. The molecule has 0 saturated carbocycles. The van der Waals surface area contributed by atoms with Crippen molar-refractivity contribution in [3.8, 4) is 0 Å². The van der Waals surface area contributed by atoms with Crippen molar-refractivity contribution >= 4 is 39.8 Å². The maximum Gasteiger partial charge on any atom is 0.230 e. The van der Waals surface area contributed by atoms with Gasteiger partial charge in [-0.1, -0.05) is 41.3 Å². The van der Waals surface area contributed by atoms with Gasteiger partial charge in [-0.3, -0.25) is 4.79 Å². The number of carbonyl (C=O) groups is 1. The molecule has 0 radical (unpaired) electrons. The lowest BCUT2D eigenvalue weighted by Gasteiger charge is -2.04. The third-order valence-corrected chi connectivity index (χ3v) is 4.51. The Bertz CT molecular complexity index is 585. The average Bonchev–Trinajstić information content (AvgIpc) is 2.79. The summed E-state index contributed by atoms with van der Waals surface area (Å²) in [5, 5.41) is 11.7. The van der Waals surface area contributed by atoms with E-state index in [1.165, 1.54) is 23.1 Å². The van der Waals surface area contributed by atoms with E-state index in [2.05, 4.69) is 15.5 Å². The van der Waals surface area contributed by atoms with Crippen molar-refractivity contribution in [1.82, 2.24) is 10.2 Å². The van der Waals surface area contributed by atoms with Gasteiger partial charge in [-0.25, -0.2) is 0 Å². The van der Waals surface area contributed by atoms with Crippen LogP contribution in [-0.2, 0) is 4.79 Å². The number of nitrogens with zero attached hydrogens (tertiary/aromatic N) is 2. The van der Waals surface area contributed by atoms with Crippen LogP contribution in [0.3, 0.4) is 0 Å². The van der Waals surface area contributed by atoms with E-state index in [4.69, 9.17) is 5.73 Å². The predicted molar refractivity (Wildman–Crippen MR) is 78.9 cm³/mol. The minimum Gasteiger partial charge on any atom is -0.369 e. The van der Waals surface area contributed by atoms with Crippen molar-refractivity contribution in [2.24, 2.45) is 5.73 Å². The van der Waals surface area contributed by atoms with Crippen LogP contribution < -0.4 is 11.1 Å². The lowest BCUT2D eigenvalue weighted by atomic mass is 10.2. The first-order valence-corrected chi connectivity index (χ1v) is 7.38. The molecule has 0 aliphatic heterocycles. The fourth-order valence-electron chi connectivity index (χ4n) is 1.35. The molecule has 0 saturated heterocycles.